The first-order valence-electron chi connectivity index (χ1n) is 36.2. The predicted octanol–water partition coefficient (Wildman–Crippen LogP) is 19.7. The molecule has 6 atom stereocenters. The minimum Gasteiger partial charge on any atom is -0.462 e. The molecule has 0 heterocycles. The molecule has 17 nitrogen and oxygen atoms in total. The van der Waals surface area contributed by atoms with E-state index in [4.69, 9.17) is 37.0 Å². The topological polar surface area (TPSA) is 237 Å². The highest BCUT2D eigenvalue weighted by Gasteiger charge is 2.30. The van der Waals surface area contributed by atoms with E-state index in [9.17, 15) is 43.2 Å². The number of rotatable bonds is 67. The molecule has 0 amide bonds. The zero-order valence-electron chi connectivity index (χ0n) is 58.1. The molecule has 0 spiro atoms. The second kappa shape index (κ2) is 59.8. The lowest BCUT2D eigenvalue weighted by molar-refractivity contribution is -0.161. The van der Waals surface area contributed by atoms with Crippen molar-refractivity contribution in [3.63, 3.8) is 0 Å². The van der Waals surface area contributed by atoms with E-state index >= 15 is 0 Å². The Morgan fingerprint density at radius 1 is 0.315 bits per heavy atom. The average molecular weight is 1310 g/mol. The molecule has 3 N–H and O–H groups in total. The zero-order valence-corrected chi connectivity index (χ0v) is 59.8. The maximum absolute atomic E-state index is 13.0. The fourth-order valence-electron chi connectivity index (χ4n) is 10.5. The summed E-state index contributed by atoms with van der Waals surface area (Å²) in [7, 11) is -9.90. The van der Waals surface area contributed by atoms with Gasteiger partial charge in [0.25, 0.3) is 0 Å². The number of phosphoric ester groups is 2. The predicted molar refractivity (Wildman–Crippen MR) is 358 cm³/mol. The number of aliphatic hydroxyl groups is 1. The molecule has 0 saturated carbocycles. The molecule has 0 bridgehead atoms. The number of phosphoric acid groups is 2. The smallest absolute Gasteiger partial charge is 0.462 e. The first-order valence-corrected chi connectivity index (χ1v) is 39.2. The Morgan fingerprint density at radius 2 is 0.539 bits per heavy atom. The van der Waals surface area contributed by atoms with Crippen LogP contribution in [0.4, 0.5) is 0 Å². The van der Waals surface area contributed by atoms with Gasteiger partial charge in [-0.15, -0.1) is 0 Å². The summed E-state index contributed by atoms with van der Waals surface area (Å²) in [5, 5.41) is 10.6. The molecule has 0 fully saturated rings. The van der Waals surface area contributed by atoms with E-state index < -0.39 is 97.5 Å². The van der Waals surface area contributed by atoms with Gasteiger partial charge < -0.3 is 33.8 Å². The summed E-state index contributed by atoms with van der Waals surface area (Å²) in [5.41, 5.74) is 0. The number of hydrogen-bond donors (Lipinski definition) is 3. The molecule has 89 heavy (non-hydrogen) atoms. The first-order chi connectivity index (χ1) is 42.6. The van der Waals surface area contributed by atoms with Crippen LogP contribution in [0.3, 0.4) is 0 Å². The van der Waals surface area contributed by atoms with Crippen LogP contribution in [0.2, 0.25) is 0 Å². The number of ether oxygens (including phenoxy) is 4. The second-order valence-corrected chi connectivity index (χ2v) is 29.8. The maximum atomic E-state index is 13.0. The summed E-state index contributed by atoms with van der Waals surface area (Å²) in [4.78, 5) is 72.4. The van der Waals surface area contributed by atoms with Crippen molar-refractivity contribution in [2.24, 2.45) is 23.7 Å². The lowest BCUT2D eigenvalue weighted by atomic mass is 10.00. The summed E-state index contributed by atoms with van der Waals surface area (Å²) >= 11 is 0. The van der Waals surface area contributed by atoms with Gasteiger partial charge in [0.2, 0.25) is 0 Å². The lowest BCUT2D eigenvalue weighted by Gasteiger charge is -2.21. The lowest BCUT2D eigenvalue weighted by Crippen LogP contribution is -2.30. The highest BCUT2D eigenvalue weighted by Crippen LogP contribution is 2.45. The van der Waals surface area contributed by atoms with Gasteiger partial charge in [-0.25, -0.2) is 9.13 Å². The molecule has 0 aliphatic carbocycles. The van der Waals surface area contributed by atoms with E-state index in [0.717, 1.165) is 114 Å². The van der Waals surface area contributed by atoms with Crippen LogP contribution in [0.15, 0.2) is 0 Å². The van der Waals surface area contributed by atoms with E-state index in [0.29, 0.717) is 31.6 Å². The molecule has 0 rings (SSSR count). The number of hydrogen-bond acceptors (Lipinski definition) is 15. The largest absolute Gasteiger partial charge is 0.472 e. The first kappa shape index (κ1) is 87.1. The Labute approximate surface area is 543 Å². The third-order valence-electron chi connectivity index (χ3n) is 16.4. The third-order valence-corrected chi connectivity index (χ3v) is 18.3. The van der Waals surface area contributed by atoms with Crippen molar-refractivity contribution in [2.75, 3.05) is 39.6 Å². The van der Waals surface area contributed by atoms with Crippen molar-refractivity contribution in [1.82, 2.24) is 0 Å². The van der Waals surface area contributed by atoms with Gasteiger partial charge in [0.05, 0.1) is 26.4 Å². The summed E-state index contributed by atoms with van der Waals surface area (Å²) < 4.78 is 68.2. The Morgan fingerprint density at radius 3 is 0.798 bits per heavy atom. The highest BCUT2D eigenvalue weighted by atomic mass is 31.2. The average Bonchev–Trinajstić information content (AvgIpc) is 3.54. The molecule has 0 aliphatic heterocycles. The number of carbonyl (C=O) groups is 4. The van der Waals surface area contributed by atoms with E-state index in [1.807, 2.05) is 0 Å². The van der Waals surface area contributed by atoms with Crippen molar-refractivity contribution in [3.05, 3.63) is 0 Å². The Kier molecular flexibility index (Phi) is 58.5. The molecule has 0 radical (unpaired) electrons. The maximum Gasteiger partial charge on any atom is 0.472 e. The molecule has 0 aromatic heterocycles. The van der Waals surface area contributed by atoms with Gasteiger partial charge in [-0.3, -0.25) is 37.3 Å². The molecule has 528 valence electrons. The van der Waals surface area contributed by atoms with Crippen LogP contribution in [-0.4, -0.2) is 96.7 Å². The molecule has 0 aromatic carbocycles. The number of carbonyl (C=O) groups excluding carboxylic acids is 4. The van der Waals surface area contributed by atoms with E-state index in [2.05, 4.69) is 55.4 Å². The van der Waals surface area contributed by atoms with Gasteiger partial charge in [-0.05, 0) is 49.4 Å². The Hall–Kier alpha value is -1.94. The number of esters is 4. The normalized spacial score (nSPS) is 14.6. The molecule has 0 saturated heterocycles. The van der Waals surface area contributed by atoms with E-state index in [1.54, 1.807) is 0 Å². The van der Waals surface area contributed by atoms with Crippen LogP contribution < -0.4 is 0 Å². The van der Waals surface area contributed by atoms with Gasteiger partial charge >= 0.3 is 39.5 Å². The molecule has 0 aromatic rings. The summed E-state index contributed by atoms with van der Waals surface area (Å²) in [6, 6.07) is 0. The van der Waals surface area contributed by atoms with Crippen LogP contribution in [-0.2, 0) is 65.4 Å². The number of aliphatic hydroxyl groups excluding tert-OH is 1. The molecule has 19 heteroatoms. The summed E-state index contributed by atoms with van der Waals surface area (Å²) in [5.74, 6) is 0.808. The third kappa shape index (κ3) is 63.2. The van der Waals surface area contributed by atoms with Crippen molar-refractivity contribution in [1.29, 1.82) is 0 Å². The molecular formula is C70H136O17P2. The fourth-order valence-corrected chi connectivity index (χ4v) is 12.0. The minimum absolute atomic E-state index is 0.103. The van der Waals surface area contributed by atoms with Crippen LogP contribution in [0.5, 0.6) is 0 Å². The highest BCUT2D eigenvalue weighted by molar-refractivity contribution is 7.47. The van der Waals surface area contributed by atoms with Gasteiger partial charge in [-0.1, -0.05) is 293 Å². The van der Waals surface area contributed by atoms with Crippen LogP contribution in [0, 0.1) is 23.7 Å². The summed E-state index contributed by atoms with van der Waals surface area (Å²) in [6.45, 7) is 14.0. The van der Waals surface area contributed by atoms with Crippen molar-refractivity contribution in [3.8, 4) is 0 Å². The quantitative estimate of drug-likeness (QED) is 0.0222. The Balaban J connectivity index is 5.18. The molecule has 0 aliphatic rings. The van der Waals surface area contributed by atoms with E-state index in [-0.39, 0.29) is 25.7 Å². The van der Waals surface area contributed by atoms with Gasteiger partial charge in [-0.2, -0.15) is 0 Å². The number of unbranched alkanes of at least 4 members (excludes halogenated alkanes) is 32. The fraction of sp³-hybridized carbons (Fsp3) is 0.943. The molecular weight excluding hydrogens is 1170 g/mol. The van der Waals surface area contributed by atoms with Crippen LogP contribution in [0.25, 0.3) is 0 Å². The zero-order chi connectivity index (χ0) is 66.1. The summed E-state index contributed by atoms with van der Waals surface area (Å²) in [6.07, 6.45) is 42.0. The van der Waals surface area contributed by atoms with Gasteiger partial charge in [0.15, 0.2) is 12.2 Å². The second-order valence-electron chi connectivity index (χ2n) is 26.9. The Bertz CT molecular complexity index is 1770. The van der Waals surface area contributed by atoms with Gasteiger partial charge in [0.1, 0.15) is 19.3 Å². The van der Waals surface area contributed by atoms with Crippen LogP contribution >= 0.6 is 15.6 Å². The van der Waals surface area contributed by atoms with Crippen molar-refractivity contribution >= 4 is 39.5 Å². The van der Waals surface area contributed by atoms with Crippen molar-refractivity contribution in [2.45, 2.75) is 363 Å². The van der Waals surface area contributed by atoms with Crippen molar-refractivity contribution < 1.29 is 80.2 Å². The van der Waals surface area contributed by atoms with Crippen LogP contribution in [0.1, 0.15) is 344 Å². The van der Waals surface area contributed by atoms with Gasteiger partial charge in [0, 0.05) is 25.7 Å². The minimum atomic E-state index is -4.95. The monoisotopic (exact) mass is 1310 g/mol. The molecule has 3 unspecified atom stereocenters. The SMILES string of the molecule is CCC(C)CCCCCCCCC(=O)O[C@H](COC(=O)CCCCCCCCCCCCCCCCCC(C)C)COP(=O)(O)OC[C@@H](O)COP(=O)(O)OC[C@@H](COC(=O)CCCCCCCCC(C)C)OC(=O)CCCCCCCCCCCC(C)C. The standard InChI is InChI=1S/C70H136O17P2/c1-9-63(8)49-41-33-27-29-37-45-53-70(75)87-66(56-80-67(72)50-42-34-24-20-16-14-12-10-11-13-15-18-22-30-38-46-60(2)3)59-85-89(78,79)83-55-64(71)54-82-88(76,77)84-58-65(57-81-68(73)51-43-35-28-26-32-40-48-62(6)7)86-69(74)52-44-36-25-21-17-19-23-31-39-47-61(4)5/h60-66,71H,9-59H2,1-8H3,(H,76,77)(H,78,79)/t63?,64-,65+,66+/m0/s1. The van der Waals surface area contributed by atoms with E-state index in [1.165, 1.54) is 141 Å².